The minimum absolute atomic E-state index is 0.134. The van der Waals surface area contributed by atoms with E-state index in [0.717, 1.165) is 22.2 Å². The Balaban J connectivity index is 1.01. The number of furan rings is 1. The molecule has 0 saturated heterocycles. The highest BCUT2D eigenvalue weighted by molar-refractivity contribution is 5.92. The molecule has 6 aromatic rings. The summed E-state index contributed by atoms with van der Waals surface area (Å²) >= 11 is 0. The second kappa shape index (κ2) is 13.3. The Morgan fingerprint density at radius 1 is 0.822 bits per heavy atom. The van der Waals surface area contributed by atoms with Crippen molar-refractivity contribution in [3.05, 3.63) is 143 Å². The van der Waals surface area contributed by atoms with Crippen LogP contribution in [0.25, 0.3) is 16.5 Å². The van der Waals surface area contributed by atoms with Crippen molar-refractivity contribution in [2.75, 3.05) is 7.11 Å². The summed E-state index contributed by atoms with van der Waals surface area (Å²) in [6, 6.07) is 35.2. The first kappa shape index (κ1) is 29.3. The molecule has 0 bridgehead atoms. The van der Waals surface area contributed by atoms with Crippen LogP contribution in [0, 0.1) is 13.8 Å². The van der Waals surface area contributed by atoms with Gasteiger partial charge >= 0.3 is 5.91 Å². The van der Waals surface area contributed by atoms with Gasteiger partial charge in [0.15, 0.2) is 17.3 Å². The van der Waals surface area contributed by atoms with Crippen LogP contribution < -0.4 is 19.6 Å². The van der Waals surface area contributed by atoms with E-state index in [0.29, 0.717) is 29.6 Å². The van der Waals surface area contributed by atoms with E-state index >= 15 is 0 Å². The van der Waals surface area contributed by atoms with E-state index in [1.54, 1.807) is 25.3 Å². The molecule has 2 aromatic heterocycles. The fourth-order valence-corrected chi connectivity index (χ4v) is 5.18. The average Bonchev–Trinajstić information content (AvgIpc) is 3.69. The van der Waals surface area contributed by atoms with Crippen LogP contribution in [-0.2, 0) is 13.2 Å². The minimum atomic E-state index is -0.471. The normalized spacial score (nSPS) is 11.2. The van der Waals surface area contributed by atoms with Gasteiger partial charge in [-0.1, -0.05) is 42.5 Å². The number of ether oxygens (including phenoxy) is 3. The number of hydrogen-bond donors (Lipinski definition) is 1. The lowest BCUT2D eigenvalue weighted by atomic mass is 10.1. The monoisotopic (exact) mass is 599 g/mol. The summed E-state index contributed by atoms with van der Waals surface area (Å²) in [5, 5.41) is 6.40. The first-order valence-electron chi connectivity index (χ1n) is 14.6. The predicted molar refractivity (Wildman–Crippen MR) is 175 cm³/mol. The number of carbonyl (C=O) groups is 1. The number of nitrogens with one attached hydrogen (secondary N) is 1. The Hall–Kier alpha value is -5.76. The molecule has 0 aliphatic carbocycles. The number of nitrogens with zero attached hydrogens (tertiary/aromatic N) is 2. The molecule has 0 unspecified atom stereocenters. The molecule has 0 fully saturated rings. The molecule has 0 aliphatic heterocycles. The molecule has 1 amide bonds. The largest absolute Gasteiger partial charge is 0.493 e. The van der Waals surface area contributed by atoms with Gasteiger partial charge in [0, 0.05) is 17.1 Å². The molecule has 0 radical (unpaired) electrons. The Labute approximate surface area is 261 Å². The zero-order valence-electron chi connectivity index (χ0n) is 25.3. The summed E-state index contributed by atoms with van der Waals surface area (Å²) in [4.78, 5) is 12.6. The molecule has 1 N–H and O–H groups in total. The molecule has 0 aliphatic rings. The van der Waals surface area contributed by atoms with Crippen LogP contribution in [0.15, 0.2) is 119 Å². The van der Waals surface area contributed by atoms with Crippen LogP contribution in [-0.4, -0.2) is 23.8 Å². The third-order valence-corrected chi connectivity index (χ3v) is 7.46. The van der Waals surface area contributed by atoms with Gasteiger partial charge in [-0.3, -0.25) is 4.79 Å². The van der Waals surface area contributed by atoms with E-state index in [-0.39, 0.29) is 12.4 Å². The fraction of sp³-hybridized carbons (Fsp3) is 0.135. The van der Waals surface area contributed by atoms with Crippen LogP contribution in [0.2, 0.25) is 0 Å². The summed E-state index contributed by atoms with van der Waals surface area (Å²) < 4.78 is 25.4. The van der Waals surface area contributed by atoms with Gasteiger partial charge in [-0.2, -0.15) is 5.10 Å². The van der Waals surface area contributed by atoms with Gasteiger partial charge in [-0.25, -0.2) is 5.43 Å². The molecule has 0 spiro atoms. The summed E-state index contributed by atoms with van der Waals surface area (Å²) in [7, 11) is 1.58. The molecule has 4 aromatic carbocycles. The smallest absolute Gasteiger partial charge is 0.307 e. The van der Waals surface area contributed by atoms with E-state index < -0.39 is 5.91 Å². The van der Waals surface area contributed by atoms with Crippen LogP contribution in [0.5, 0.6) is 17.2 Å². The van der Waals surface area contributed by atoms with Gasteiger partial charge in [0.05, 0.1) is 13.3 Å². The van der Waals surface area contributed by atoms with Crippen molar-refractivity contribution in [2.45, 2.75) is 27.1 Å². The standard InChI is InChI=1S/C37H33N3O5/c1-25-11-12-26(2)40(25)30-14-16-31(17-15-30)43-24-32-18-20-35(45-32)37(41)39-38-22-27-13-19-34(36(21-27)42-3)44-23-29-9-6-8-28-7-4-5-10-33(28)29/h4-22H,23-24H2,1-3H3,(H,39,41)/b38-22+. The number of rotatable bonds is 11. The molecule has 226 valence electrons. The van der Waals surface area contributed by atoms with Gasteiger partial charge in [-0.05, 0) is 102 Å². The molecule has 8 nitrogen and oxygen atoms in total. The van der Waals surface area contributed by atoms with Crippen LogP contribution >= 0.6 is 0 Å². The number of hydrogen-bond acceptors (Lipinski definition) is 6. The van der Waals surface area contributed by atoms with E-state index in [9.17, 15) is 4.79 Å². The number of aromatic nitrogens is 1. The third kappa shape index (κ3) is 6.75. The Morgan fingerprint density at radius 3 is 2.40 bits per heavy atom. The maximum Gasteiger partial charge on any atom is 0.307 e. The molecular weight excluding hydrogens is 566 g/mol. The second-order valence-electron chi connectivity index (χ2n) is 10.5. The molecular formula is C37H33N3O5. The summed E-state index contributed by atoms with van der Waals surface area (Å²) in [5.74, 6) is 2.06. The van der Waals surface area contributed by atoms with Crippen molar-refractivity contribution >= 4 is 22.9 Å². The minimum Gasteiger partial charge on any atom is -0.493 e. The quantitative estimate of drug-likeness (QED) is 0.121. The van der Waals surface area contributed by atoms with Crippen LogP contribution in [0.4, 0.5) is 0 Å². The van der Waals surface area contributed by atoms with Crippen LogP contribution in [0.1, 0.15) is 38.8 Å². The topological polar surface area (TPSA) is 87.2 Å². The van der Waals surface area contributed by atoms with E-state index in [1.807, 2.05) is 54.6 Å². The Morgan fingerprint density at radius 2 is 1.60 bits per heavy atom. The molecule has 2 heterocycles. The molecule has 0 saturated carbocycles. The first-order valence-corrected chi connectivity index (χ1v) is 14.6. The highest BCUT2D eigenvalue weighted by atomic mass is 16.5. The van der Waals surface area contributed by atoms with Crippen molar-refractivity contribution in [3.63, 3.8) is 0 Å². The number of methoxy groups -OCH3 is 1. The van der Waals surface area contributed by atoms with Crippen molar-refractivity contribution in [1.29, 1.82) is 0 Å². The van der Waals surface area contributed by atoms with E-state index in [2.05, 4.69) is 65.3 Å². The average molecular weight is 600 g/mol. The number of aryl methyl sites for hydroxylation is 2. The Kier molecular flexibility index (Phi) is 8.64. The van der Waals surface area contributed by atoms with Gasteiger partial charge in [0.2, 0.25) is 0 Å². The highest BCUT2D eigenvalue weighted by Gasteiger charge is 2.12. The SMILES string of the molecule is COc1cc(/C=N/NC(=O)c2ccc(COc3ccc(-n4c(C)ccc4C)cc3)o2)ccc1OCc1cccc2ccccc12. The van der Waals surface area contributed by atoms with Gasteiger partial charge < -0.3 is 23.2 Å². The zero-order valence-corrected chi connectivity index (χ0v) is 25.3. The number of benzene rings is 4. The van der Waals surface area contributed by atoms with Gasteiger partial charge in [0.1, 0.15) is 24.7 Å². The Bertz CT molecular complexity index is 1950. The summed E-state index contributed by atoms with van der Waals surface area (Å²) in [6.07, 6.45) is 1.53. The number of carbonyl (C=O) groups excluding carboxylic acids is 1. The molecule has 0 atom stereocenters. The van der Waals surface area contributed by atoms with Crippen molar-refractivity contribution < 1.29 is 23.4 Å². The van der Waals surface area contributed by atoms with Gasteiger partial charge in [-0.15, -0.1) is 0 Å². The number of amides is 1. The fourth-order valence-electron chi connectivity index (χ4n) is 5.18. The molecule has 8 heteroatoms. The van der Waals surface area contributed by atoms with Crippen molar-refractivity contribution in [2.24, 2.45) is 5.10 Å². The number of fused-ring (bicyclic) bond motifs is 1. The van der Waals surface area contributed by atoms with E-state index in [1.165, 1.54) is 23.0 Å². The maximum absolute atomic E-state index is 12.6. The zero-order chi connectivity index (χ0) is 31.2. The predicted octanol–water partition coefficient (Wildman–Crippen LogP) is 7.77. The highest BCUT2D eigenvalue weighted by Crippen LogP contribution is 2.29. The first-order chi connectivity index (χ1) is 22.0. The van der Waals surface area contributed by atoms with Crippen molar-refractivity contribution in [3.8, 4) is 22.9 Å². The summed E-state index contributed by atoms with van der Waals surface area (Å²) in [5.41, 5.74) is 7.72. The molecule has 45 heavy (non-hydrogen) atoms. The lowest BCUT2D eigenvalue weighted by Crippen LogP contribution is -2.16. The summed E-state index contributed by atoms with van der Waals surface area (Å²) in [6.45, 7) is 4.74. The lowest BCUT2D eigenvalue weighted by molar-refractivity contribution is 0.0923. The van der Waals surface area contributed by atoms with Gasteiger partial charge in [0.25, 0.3) is 0 Å². The molecule has 6 rings (SSSR count). The van der Waals surface area contributed by atoms with Crippen molar-refractivity contribution in [1.82, 2.24) is 9.99 Å². The third-order valence-electron chi connectivity index (χ3n) is 7.46. The maximum atomic E-state index is 12.6. The second-order valence-corrected chi connectivity index (χ2v) is 10.5. The lowest BCUT2D eigenvalue weighted by Gasteiger charge is -2.12. The number of hydrazone groups is 1. The van der Waals surface area contributed by atoms with E-state index in [4.69, 9.17) is 18.6 Å². The van der Waals surface area contributed by atoms with Crippen LogP contribution in [0.3, 0.4) is 0 Å².